The Kier molecular flexibility index (Phi) is 6.88. The van der Waals surface area contributed by atoms with Gasteiger partial charge in [-0.2, -0.15) is 0 Å². The number of anilines is 1. The first-order valence-corrected chi connectivity index (χ1v) is 10.1. The Morgan fingerprint density at radius 2 is 1.72 bits per heavy atom. The van der Waals surface area contributed by atoms with Crippen molar-refractivity contribution in [3.63, 3.8) is 0 Å². The van der Waals surface area contributed by atoms with Crippen LogP contribution in [0, 0.1) is 0 Å². The summed E-state index contributed by atoms with van der Waals surface area (Å²) in [6, 6.07) is 19.3. The van der Waals surface area contributed by atoms with Gasteiger partial charge in [0.15, 0.2) is 6.61 Å². The molecule has 3 rings (SSSR count). The minimum absolute atomic E-state index is 0.0873. The SMILES string of the molecule is CN(C)C(=O)CCc1ccc(NC(=O)COc2ccc3ccccc3c2Br)cc1. The molecule has 3 aromatic rings. The maximum Gasteiger partial charge on any atom is 0.262 e. The molecule has 0 bridgehead atoms. The highest BCUT2D eigenvalue weighted by atomic mass is 79.9. The van der Waals surface area contributed by atoms with E-state index in [1.807, 2.05) is 60.7 Å². The molecule has 0 fully saturated rings. The van der Waals surface area contributed by atoms with E-state index in [-0.39, 0.29) is 18.4 Å². The van der Waals surface area contributed by atoms with Crippen molar-refractivity contribution in [2.24, 2.45) is 0 Å². The molecule has 5 nitrogen and oxygen atoms in total. The summed E-state index contributed by atoms with van der Waals surface area (Å²) in [5.74, 6) is 0.486. The van der Waals surface area contributed by atoms with Gasteiger partial charge in [-0.3, -0.25) is 9.59 Å². The van der Waals surface area contributed by atoms with Crippen LogP contribution in [0.5, 0.6) is 5.75 Å². The Morgan fingerprint density at radius 1 is 1.00 bits per heavy atom. The lowest BCUT2D eigenvalue weighted by atomic mass is 10.1. The van der Waals surface area contributed by atoms with E-state index in [1.165, 1.54) is 0 Å². The van der Waals surface area contributed by atoms with E-state index in [0.29, 0.717) is 24.3 Å². The Balaban J connectivity index is 1.53. The van der Waals surface area contributed by atoms with Gasteiger partial charge in [0.1, 0.15) is 5.75 Å². The summed E-state index contributed by atoms with van der Waals surface area (Å²) in [6.07, 6.45) is 1.14. The molecule has 3 aromatic carbocycles. The highest BCUT2D eigenvalue weighted by Crippen LogP contribution is 2.33. The first-order valence-electron chi connectivity index (χ1n) is 9.33. The Hall–Kier alpha value is -2.86. The van der Waals surface area contributed by atoms with Gasteiger partial charge in [0.2, 0.25) is 5.91 Å². The number of hydrogen-bond donors (Lipinski definition) is 1. The number of fused-ring (bicyclic) bond motifs is 1. The lowest BCUT2D eigenvalue weighted by Crippen LogP contribution is -2.21. The Morgan fingerprint density at radius 3 is 2.45 bits per heavy atom. The number of benzene rings is 3. The molecule has 6 heteroatoms. The van der Waals surface area contributed by atoms with Crippen LogP contribution in [-0.4, -0.2) is 37.4 Å². The molecule has 0 saturated carbocycles. The number of ether oxygens (including phenoxy) is 1. The third kappa shape index (κ3) is 5.57. The van der Waals surface area contributed by atoms with Crippen molar-refractivity contribution >= 4 is 44.2 Å². The van der Waals surface area contributed by atoms with Crippen LogP contribution in [0.2, 0.25) is 0 Å². The topological polar surface area (TPSA) is 58.6 Å². The molecule has 150 valence electrons. The number of carbonyl (C=O) groups is 2. The minimum Gasteiger partial charge on any atom is -0.483 e. The van der Waals surface area contributed by atoms with Crippen molar-refractivity contribution in [2.45, 2.75) is 12.8 Å². The van der Waals surface area contributed by atoms with Gasteiger partial charge in [0.25, 0.3) is 5.91 Å². The van der Waals surface area contributed by atoms with E-state index in [0.717, 1.165) is 20.8 Å². The summed E-state index contributed by atoms with van der Waals surface area (Å²) in [5.41, 5.74) is 1.74. The van der Waals surface area contributed by atoms with Crippen LogP contribution in [0.1, 0.15) is 12.0 Å². The van der Waals surface area contributed by atoms with Crippen molar-refractivity contribution in [3.8, 4) is 5.75 Å². The second-order valence-electron chi connectivity index (χ2n) is 6.92. The second-order valence-corrected chi connectivity index (χ2v) is 7.71. The van der Waals surface area contributed by atoms with Crippen LogP contribution in [0.4, 0.5) is 5.69 Å². The van der Waals surface area contributed by atoms with Crippen LogP contribution in [0.25, 0.3) is 10.8 Å². The number of halogens is 1. The van der Waals surface area contributed by atoms with Crippen LogP contribution in [0.15, 0.2) is 65.1 Å². The van der Waals surface area contributed by atoms with E-state index in [2.05, 4.69) is 21.2 Å². The average Bonchev–Trinajstić information content (AvgIpc) is 2.72. The summed E-state index contributed by atoms with van der Waals surface area (Å²) in [5, 5.41) is 4.96. The van der Waals surface area contributed by atoms with Gasteiger partial charge < -0.3 is 15.0 Å². The number of nitrogens with one attached hydrogen (secondary N) is 1. The third-order valence-electron chi connectivity index (χ3n) is 4.55. The molecule has 0 aliphatic carbocycles. The van der Waals surface area contributed by atoms with Crippen molar-refractivity contribution < 1.29 is 14.3 Å². The van der Waals surface area contributed by atoms with Crippen molar-refractivity contribution in [1.82, 2.24) is 4.90 Å². The zero-order valence-electron chi connectivity index (χ0n) is 16.4. The third-order valence-corrected chi connectivity index (χ3v) is 5.37. The van der Waals surface area contributed by atoms with E-state index < -0.39 is 0 Å². The fraction of sp³-hybridized carbons (Fsp3) is 0.217. The molecule has 0 aromatic heterocycles. The molecular weight excluding hydrogens is 432 g/mol. The van der Waals surface area contributed by atoms with E-state index in [9.17, 15) is 9.59 Å². The normalized spacial score (nSPS) is 10.6. The summed E-state index contributed by atoms with van der Waals surface area (Å²) >= 11 is 3.56. The van der Waals surface area contributed by atoms with E-state index in [4.69, 9.17) is 4.74 Å². The monoisotopic (exact) mass is 454 g/mol. The van der Waals surface area contributed by atoms with Gasteiger partial charge in [0, 0.05) is 26.2 Å². The quantitative estimate of drug-likeness (QED) is 0.565. The van der Waals surface area contributed by atoms with Crippen LogP contribution in [-0.2, 0) is 16.0 Å². The summed E-state index contributed by atoms with van der Waals surface area (Å²) in [7, 11) is 3.50. The standard InChI is InChI=1S/C23H23BrN2O3/c1-26(2)22(28)14-9-16-7-11-18(12-8-16)25-21(27)15-29-20-13-10-17-5-3-4-6-19(17)23(20)24/h3-8,10-13H,9,14-15H2,1-2H3,(H,25,27). The summed E-state index contributed by atoms with van der Waals surface area (Å²) < 4.78 is 6.52. The lowest BCUT2D eigenvalue weighted by Gasteiger charge is -2.11. The Labute approximate surface area is 178 Å². The first kappa shape index (κ1) is 20.9. The average molecular weight is 455 g/mol. The number of nitrogens with zero attached hydrogens (tertiary/aromatic N) is 1. The zero-order valence-corrected chi connectivity index (χ0v) is 18.0. The largest absolute Gasteiger partial charge is 0.483 e. The molecule has 1 N–H and O–H groups in total. The molecule has 0 aliphatic rings. The number of aryl methyl sites for hydroxylation is 1. The minimum atomic E-state index is -0.236. The molecule has 0 spiro atoms. The second kappa shape index (κ2) is 9.56. The summed E-state index contributed by atoms with van der Waals surface area (Å²) in [6.45, 7) is -0.0873. The van der Waals surface area contributed by atoms with E-state index >= 15 is 0 Å². The van der Waals surface area contributed by atoms with Gasteiger partial charge in [0.05, 0.1) is 4.47 Å². The number of amides is 2. The predicted molar refractivity (Wildman–Crippen MR) is 119 cm³/mol. The highest BCUT2D eigenvalue weighted by Gasteiger charge is 2.09. The maximum absolute atomic E-state index is 12.2. The fourth-order valence-corrected chi connectivity index (χ4v) is 3.50. The van der Waals surface area contributed by atoms with Gasteiger partial charge in [-0.1, -0.05) is 42.5 Å². The molecule has 0 heterocycles. The van der Waals surface area contributed by atoms with Gasteiger partial charge in [-0.05, 0) is 56.9 Å². The van der Waals surface area contributed by atoms with Crippen molar-refractivity contribution in [3.05, 3.63) is 70.7 Å². The van der Waals surface area contributed by atoms with Crippen LogP contribution in [0.3, 0.4) is 0 Å². The smallest absolute Gasteiger partial charge is 0.262 e. The van der Waals surface area contributed by atoms with Crippen LogP contribution < -0.4 is 10.1 Å². The van der Waals surface area contributed by atoms with Crippen LogP contribution >= 0.6 is 15.9 Å². The zero-order chi connectivity index (χ0) is 20.8. The molecule has 0 saturated heterocycles. The molecule has 0 radical (unpaired) electrons. The first-order chi connectivity index (χ1) is 13.9. The number of hydrogen-bond acceptors (Lipinski definition) is 3. The molecule has 2 amide bonds. The van der Waals surface area contributed by atoms with Crippen molar-refractivity contribution in [2.75, 3.05) is 26.0 Å². The molecule has 0 unspecified atom stereocenters. The molecular formula is C23H23BrN2O3. The van der Waals surface area contributed by atoms with Gasteiger partial charge >= 0.3 is 0 Å². The lowest BCUT2D eigenvalue weighted by molar-refractivity contribution is -0.128. The molecule has 0 atom stereocenters. The van der Waals surface area contributed by atoms with E-state index in [1.54, 1.807) is 19.0 Å². The fourth-order valence-electron chi connectivity index (χ4n) is 2.90. The number of carbonyl (C=O) groups excluding carboxylic acids is 2. The summed E-state index contributed by atoms with van der Waals surface area (Å²) in [4.78, 5) is 25.5. The highest BCUT2D eigenvalue weighted by molar-refractivity contribution is 9.10. The van der Waals surface area contributed by atoms with Gasteiger partial charge in [-0.15, -0.1) is 0 Å². The van der Waals surface area contributed by atoms with Crippen molar-refractivity contribution in [1.29, 1.82) is 0 Å². The maximum atomic E-state index is 12.2. The predicted octanol–water partition coefficient (Wildman–Crippen LogP) is 4.64. The van der Waals surface area contributed by atoms with Gasteiger partial charge in [-0.25, -0.2) is 0 Å². The molecule has 0 aliphatic heterocycles. The molecule has 29 heavy (non-hydrogen) atoms. The number of rotatable bonds is 7. The Bertz CT molecular complexity index is 1020.